The molecule has 0 bridgehead atoms. The van der Waals surface area contributed by atoms with Gasteiger partial charge in [0.2, 0.25) is 0 Å². The van der Waals surface area contributed by atoms with Crippen LogP contribution < -0.4 is 0 Å². The number of thiazole rings is 1. The summed E-state index contributed by atoms with van der Waals surface area (Å²) in [7, 11) is 2.20. The zero-order valence-electron chi connectivity index (χ0n) is 11.4. The fourth-order valence-corrected chi connectivity index (χ4v) is 3.75. The van der Waals surface area contributed by atoms with Gasteiger partial charge in [0, 0.05) is 21.3 Å². The summed E-state index contributed by atoms with van der Waals surface area (Å²) in [6, 6.07) is 8.39. The van der Waals surface area contributed by atoms with Crippen LogP contribution >= 0.6 is 44.2 Å². The van der Waals surface area contributed by atoms with Crippen LogP contribution in [0.2, 0.25) is 0 Å². The monoisotopic (exact) mass is 416 g/mol. The molecule has 3 rings (SSSR count). The molecule has 0 N–H and O–H groups in total. The van der Waals surface area contributed by atoms with E-state index in [0.717, 1.165) is 10.2 Å². The number of likely N-dealkylation sites (tertiary alicyclic amines) is 1. The molecule has 0 radical (unpaired) electrons. The molecule has 0 amide bonds. The predicted molar refractivity (Wildman–Crippen MR) is 95.0 cm³/mol. The Morgan fingerprint density at radius 2 is 1.85 bits per heavy atom. The zero-order chi connectivity index (χ0) is 13.2. The van der Waals surface area contributed by atoms with Crippen molar-refractivity contribution in [2.45, 2.75) is 18.8 Å². The minimum atomic E-state index is 0. The van der Waals surface area contributed by atoms with Gasteiger partial charge in [-0.05, 0) is 45.1 Å². The largest absolute Gasteiger partial charge is 0.306 e. The summed E-state index contributed by atoms with van der Waals surface area (Å²) in [5.74, 6) is 0.658. The predicted octanol–water partition coefficient (Wildman–Crippen LogP) is 4.96. The zero-order valence-corrected chi connectivity index (χ0v) is 15.5. The second-order valence-electron chi connectivity index (χ2n) is 5.16. The highest BCUT2D eigenvalue weighted by Gasteiger charge is 2.21. The van der Waals surface area contributed by atoms with Crippen LogP contribution in [0.15, 0.2) is 34.1 Å². The highest BCUT2D eigenvalue weighted by Crippen LogP contribution is 2.32. The van der Waals surface area contributed by atoms with Crippen LogP contribution in [0.3, 0.4) is 0 Å². The Hall–Kier alpha value is -0.230. The molecule has 2 aromatic rings. The number of hydrogen-bond acceptors (Lipinski definition) is 3. The normalized spacial score (nSPS) is 16.9. The fraction of sp³-hybridized carbons (Fsp3) is 0.400. The molecule has 1 aliphatic rings. The second kappa shape index (κ2) is 7.16. The SMILES string of the molecule is Br.CN1CCC(c2nc(-c3ccc(Br)cc3)cs2)CC1. The van der Waals surface area contributed by atoms with Crippen LogP contribution in [0.4, 0.5) is 0 Å². The van der Waals surface area contributed by atoms with E-state index in [-0.39, 0.29) is 17.0 Å². The Kier molecular flexibility index (Phi) is 5.78. The van der Waals surface area contributed by atoms with E-state index in [0.29, 0.717) is 5.92 Å². The van der Waals surface area contributed by atoms with Crippen LogP contribution in [0.5, 0.6) is 0 Å². The Labute approximate surface area is 143 Å². The van der Waals surface area contributed by atoms with Gasteiger partial charge in [-0.15, -0.1) is 28.3 Å². The molecular formula is C15H18Br2N2S. The summed E-state index contributed by atoms with van der Waals surface area (Å²) in [5.41, 5.74) is 2.32. The van der Waals surface area contributed by atoms with Crippen molar-refractivity contribution in [3.63, 3.8) is 0 Å². The molecule has 0 saturated carbocycles. The average molecular weight is 418 g/mol. The standard InChI is InChI=1S/C15H17BrN2S.BrH/c1-18-8-6-12(7-9-18)15-17-14(10-19-15)11-2-4-13(16)5-3-11;/h2-5,10,12H,6-9H2,1H3;1H. The Morgan fingerprint density at radius 3 is 2.50 bits per heavy atom. The lowest BCUT2D eigenvalue weighted by Crippen LogP contribution is -2.29. The summed E-state index contributed by atoms with van der Waals surface area (Å²) >= 11 is 5.28. The minimum absolute atomic E-state index is 0. The first kappa shape index (κ1) is 16.1. The summed E-state index contributed by atoms with van der Waals surface area (Å²) < 4.78 is 1.11. The maximum absolute atomic E-state index is 4.84. The molecule has 0 atom stereocenters. The number of benzene rings is 1. The average Bonchev–Trinajstić information content (AvgIpc) is 2.90. The van der Waals surface area contributed by atoms with Crippen molar-refractivity contribution in [1.82, 2.24) is 9.88 Å². The number of halogens is 2. The van der Waals surface area contributed by atoms with Gasteiger partial charge in [0.1, 0.15) is 0 Å². The van der Waals surface area contributed by atoms with Crippen molar-refractivity contribution >= 4 is 44.2 Å². The van der Waals surface area contributed by atoms with Crippen LogP contribution in [0.1, 0.15) is 23.8 Å². The number of piperidine rings is 1. The summed E-state index contributed by atoms with van der Waals surface area (Å²) in [6.45, 7) is 2.38. The van der Waals surface area contributed by atoms with Crippen molar-refractivity contribution in [2.75, 3.05) is 20.1 Å². The van der Waals surface area contributed by atoms with Gasteiger partial charge in [-0.25, -0.2) is 4.98 Å². The third-order valence-corrected chi connectivity index (χ3v) is 5.27. The molecule has 1 aliphatic heterocycles. The molecule has 1 fully saturated rings. The smallest absolute Gasteiger partial charge is 0.0964 e. The van der Waals surface area contributed by atoms with E-state index in [9.17, 15) is 0 Å². The fourth-order valence-electron chi connectivity index (χ4n) is 2.48. The minimum Gasteiger partial charge on any atom is -0.306 e. The summed E-state index contributed by atoms with van der Waals surface area (Å²) in [4.78, 5) is 7.25. The van der Waals surface area contributed by atoms with Gasteiger partial charge in [-0.3, -0.25) is 0 Å². The van der Waals surface area contributed by atoms with Crippen molar-refractivity contribution in [2.24, 2.45) is 0 Å². The van der Waals surface area contributed by atoms with Gasteiger partial charge in [-0.1, -0.05) is 28.1 Å². The molecule has 1 aromatic carbocycles. The molecule has 1 saturated heterocycles. The highest BCUT2D eigenvalue weighted by molar-refractivity contribution is 9.10. The Bertz CT molecular complexity index is 545. The van der Waals surface area contributed by atoms with E-state index in [4.69, 9.17) is 4.98 Å². The molecule has 2 nitrogen and oxygen atoms in total. The van der Waals surface area contributed by atoms with E-state index < -0.39 is 0 Å². The van der Waals surface area contributed by atoms with Gasteiger partial charge in [-0.2, -0.15) is 0 Å². The number of aromatic nitrogens is 1. The first-order valence-corrected chi connectivity index (χ1v) is 8.29. The van der Waals surface area contributed by atoms with Crippen LogP contribution in [-0.4, -0.2) is 30.0 Å². The molecule has 108 valence electrons. The first-order valence-electron chi connectivity index (χ1n) is 6.62. The summed E-state index contributed by atoms with van der Waals surface area (Å²) in [5, 5.41) is 3.50. The molecule has 0 aliphatic carbocycles. The molecule has 5 heteroatoms. The van der Waals surface area contributed by atoms with Crippen molar-refractivity contribution < 1.29 is 0 Å². The van der Waals surface area contributed by atoms with Crippen molar-refractivity contribution in [3.05, 3.63) is 39.1 Å². The number of rotatable bonds is 2. The maximum Gasteiger partial charge on any atom is 0.0964 e. The molecule has 20 heavy (non-hydrogen) atoms. The lowest BCUT2D eigenvalue weighted by atomic mass is 9.98. The van der Waals surface area contributed by atoms with Gasteiger partial charge in [0.25, 0.3) is 0 Å². The highest BCUT2D eigenvalue weighted by atomic mass is 79.9. The van der Waals surface area contributed by atoms with Crippen molar-refractivity contribution in [3.8, 4) is 11.3 Å². The molecule has 1 aromatic heterocycles. The van der Waals surface area contributed by atoms with Gasteiger partial charge >= 0.3 is 0 Å². The summed E-state index contributed by atoms with van der Waals surface area (Å²) in [6.07, 6.45) is 2.48. The van der Waals surface area contributed by atoms with E-state index in [1.165, 1.54) is 36.5 Å². The lowest BCUT2D eigenvalue weighted by Gasteiger charge is -2.27. The Morgan fingerprint density at radius 1 is 1.20 bits per heavy atom. The van der Waals surface area contributed by atoms with E-state index in [2.05, 4.69) is 57.5 Å². The second-order valence-corrected chi connectivity index (χ2v) is 6.96. The third kappa shape index (κ3) is 3.70. The molecule has 0 unspecified atom stereocenters. The van der Waals surface area contributed by atoms with Crippen LogP contribution in [-0.2, 0) is 0 Å². The van der Waals surface area contributed by atoms with Crippen molar-refractivity contribution in [1.29, 1.82) is 0 Å². The lowest BCUT2D eigenvalue weighted by molar-refractivity contribution is 0.255. The number of hydrogen-bond donors (Lipinski definition) is 0. The van der Waals surface area contributed by atoms with E-state index in [1.54, 1.807) is 0 Å². The number of nitrogens with zero attached hydrogens (tertiary/aromatic N) is 2. The Balaban J connectivity index is 0.00000147. The quantitative estimate of drug-likeness (QED) is 0.686. The van der Waals surface area contributed by atoms with Gasteiger partial charge in [0.05, 0.1) is 10.7 Å². The van der Waals surface area contributed by atoms with E-state index >= 15 is 0 Å². The first-order chi connectivity index (χ1) is 9.22. The van der Waals surface area contributed by atoms with Gasteiger partial charge < -0.3 is 4.90 Å². The van der Waals surface area contributed by atoms with Crippen LogP contribution in [0.25, 0.3) is 11.3 Å². The topological polar surface area (TPSA) is 16.1 Å². The third-order valence-electron chi connectivity index (χ3n) is 3.73. The maximum atomic E-state index is 4.84. The van der Waals surface area contributed by atoms with E-state index in [1.807, 2.05) is 11.3 Å². The molecule has 2 heterocycles. The molecular weight excluding hydrogens is 400 g/mol. The van der Waals surface area contributed by atoms with Gasteiger partial charge in [0.15, 0.2) is 0 Å². The molecule has 0 spiro atoms. The van der Waals surface area contributed by atoms with Crippen LogP contribution in [0, 0.1) is 0 Å².